The average Bonchev–Trinajstić information content (AvgIpc) is 2.88. The highest BCUT2D eigenvalue weighted by Crippen LogP contribution is 2.38. The molecule has 0 radical (unpaired) electrons. The third kappa shape index (κ3) is 2.80. The van der Waals surface area contributed by atoms with Crippen molar-refractivity contribution in [3.63, 3.8) is 0 Å². The van der Waals surface area contributed by atoms with Gasteiger partial charge in [0.05, 0.1) is 11.3 Å². The Morgan fingerprint density at radius 2 is 2.00 bits per heavy atom. The molecule has 5 nitrogen and oxygen atoms in total. The summed E-state index contributed by atoms with van der Waals surface area (Å²) in [6, 6.07) is 9.38. The molecule has 1 aliphatic heterocycles. The Morgan fingerprint density at radius 1 is 1.29 bits per heavy atom. The van der Waals surface area contributed by atoms with Gasteiger partial charge in [-0.1, -0.05) is 37.5 Å². The van der Waals surface area contributed by atoms with E-state index in [4.69, 9.17) is 0 Å². The Labute approximate surface area is 141 Å². The Morgan fingerprint density at radius 3 is 2.67 bits per heavy atom. The number of carbonyl (C=O) groups excluding carboxylic acids is 2. The largest absolute Gasteiger partial charge is 0.349 e. The third-order valence-corrected chi connectivity index (χ3v) is 4.77. The quantitative estimate of drug-likeness (QED) is 0.686. The number of amides is 2. The van der Waals surface area contributed by atoms with E-state index >= 15 is 0 Å². The van der Waals surface area contributed by atoms with E-state index in [-0.39, 0.29) is 23.1 Å². The highest BCUT2D eigenvalue weighted by molar-refractivity contribution is 6.37. The fraction of sp³-hybridized carbons (Fsp3) is 0.421. The number of hydrogen-bond acceptors (Lipinski definition) is 3. The monoisotopic (exact) mass is 323 g/mol. The zero-order valence-electron chi connectivity index (χ0n) is 13.8. The van der Waals surface area contributed by atoms with Gasteiger partial charge >= 0.3 is 0 Å². The Balaban J connectivity index is 1.97. The highest BCUT2D eigenvalue weighted by Gasteiger charge is 2.35. The van der Waals surface area contributed by atoms with Crippen molar-refractivity contribution in [1.82, 2.24) is 5.32 Å². The number of fused-ring (bicyclic) bond motifs is 1. The molecule has 1 N–H and O–H groups in total. The average molecular weight is 323 g/mol. The summed E-state index contributed by atoms with van der Waals surface area (Å²) >= 11 is 0. The Kier molecular flexibility index (Phi) is 4.66. The molecular weight excluding hydrogens is 302 g/mol. The minimum Gasteiger partial charge on any atom is -0.349 e. The molecule has 124 valence electrons. The van der Waals surface area contributed by atoms with E-state index in [0.29, 0.717) is 12.1 Å². The van der Waals surface area contributed by atoms with Gasteiger partial charge in [0.15, 0.2) is 0 Å². The van der Waals surface area contributed by atoms with Gasteiger partial charge in [0.2, 0.25) is 0 Å². The number of anilines is 1. The lowest BCUT2D eigenvalue weighted by molar-refractivity contribution is -0.118. The first kappa shape index (κ1) is 16.3. The van der Waals surface area contributed by atoms with Crippen molar-refractivity contribution < 1.29 is 9.59 Å². The third-order valence-electron chi connectivity index (χ3n) is 4.77. The number of benzene rings is 1. The van der Waals surface area contributed by atoms with Crippen molar-refractivity contribution in [3.05, 3.63) is 35.4 Å². The van der Waals surface area contributed by atoms with E-state index in [9.17, 15) is 14.9 Å². The molecule has 1 heterocycles. The highest BCUT2D eigenvalue weighted by atomic mass is 16.2. The molecule has 5 heteroatoms. The molecule has 0 aromatic heterocycles. The number of nitrogens with zero attached hydrogens (tertiary/aromatic N) is 2. The summed E-state index contributed by atoms with van der Waals surface area (Å²) in [5.74, 6) is -0.699. The molecule has 24 heavy (non-hydrogen) atoms. The Bertz CT molecular complexity index is 739. The second kappa shape index (κ2) is 6.88. The lowest BCUT2D eigenvalue weighted by atomic mass is 9.94. The molecule has 1 saturated carbocycles. The predicted octanol–water partition coefficient (Wildman–Crippen LogP) is 2.78. The second-order valence-electron chi connectivity index (χ2n) is 6.24. The lowest BCUT2D eigenvalue weighted by Crippen LogP contribution is -2.37. The van der Waals surface area contributed by atoms with Crippen LogP contribution in [0.4, 0.5) is 5.69 Å². The van der Waals surface area contributed by atoms with Crippen molar-refractivity contribution >= 4 is 23.1 Å². The summed E-state index contributed by atoms with van der Waals surface area (Å²) in [6.45, 7) is 2.38. The molecule has 2 amide bonds. The molecule has 0 atom stereocenters. The molecule has 1 aliphatic carbocycles. The van der Waals surface area contributed by atoms with Gasteiger partial charge in [0, 0.05) is 18.2 Å². The summed E-state index contributed by atoms with van der Waals surface area (Å²) in [6.07, 6.45) is 5.25. The van der Waals surface area contributed by atoms with Gasteiger partial charge in [0.25, 0.3) is 11.8 Å². The van der Waals surface area contributed by atoms with Crippen molar-refractivity contribution in [1.29, 1.82) is 5.26 Å². The molecule has 1 fully saturated rings. The maximum absolute atomic E-state index is 12.7. The fourth-order valence-corrected chi connectivity index (χ4v) is 3.56. The molecule has 0 spiro atoms. The minimum atomic E-state index is -0.430. The Hall–Kier alpha value is -2.61. The summed E-state index contributed by atoms with van der Waals surface area (Å²) in [5.41, 5.74) is 1.58. The normalized spacial score (nSPS) is 19.7. The first-order valence-electron chi connectivity index (χ1n) is 8.53. The van der Waals surface area contributed by atoms with Crippen LogP contribution in [0.3, 0.4) is 0 Å². The molecule has 1 aromatic carbocycles. The summed E-state index contributed by atoms with van der Waals surface area (Å²) in [5, 5.41) is 12.5. The second-order valence-corrected chi connectivity index (χ2v) is 6.24. The molecule has 0 unspecified atom stereocenters. The van der Waals surface area contributed by atoms with Gasteiger partial charge in [-0.15, -0.1) is 0 Å². The van der Waals surface area contributed by atoms with E-state index in [1.54, 1.807) is 11.0 Å². The fourth-order valence-electron chi connectivity index (χ4n) is 3.56. The minimum absolute atomic E-state index is 0.0750. The summed E-state index contributed by atoms with van der Waals surface area (Å²) in [7, 11) is 0. The number of nitriles is 1. The molecule has 0 saturated heterocycles. The van der Waals surface area contributed by atoms with Crippen molar-refractivity contribution in [2.24, 2.45) is 0 Å². The van der Waals surface area contributed by atoms with E-state index in [1.807, 2.05) is 31.2 Å². The van der Waals surface area contributed by atoms with Crippen LogP contribution in [-0.2, 0) is 9.59 Å². The maximum atomic E-state index is 12.7. The number of carbonyl (C=O) groups is 2. The van der Waals surface area contributed by atoms with Gasteiger partial charge in [-0.05, 0) is 25.8 Å². The molecule has 1 aromatic rings. The van der Waals surface area contributed by atoms with Crippen LogP contribution in [0.5, 0.6) is 0 Å². The van der Waals surface area contributed by atoms with Crippen LogP contribution in [0.2, 0.25) is 0 Å². The number of rotatable bonds is 3. The standard InChI is InChI=1S/C19H21N3O2/c1-2-22-16-11-7-6-10-14(16)17(19(22)24)15(12-20)18(23)21-13-8-4-3-5-9-13/h6-7,10-11,13H,2-5,8-9H2,1H3,(H,21,23). The van der Waals surface area contributed by atoms with E-state index in [0.717, 1.165) is 31.4 Å². The van der Waals surface area contributed by atoms with Crippen LogP contribution in [0.15, 0.2) is 29.8 Å². The van der Waals surface area contributed by atoms with Crippen LogP contribution >= 0.6 is 0 Å². The molecule has 3 rings (SSSR count). The molecule has 0 bridgehead atoms. The zero-order chi connectivity index (χ0) is 17.1. The maximum Gasteiger partial charge on any atom is 0.263 e. The first-order chi connectivity index (χ1) is 11.7. The topological polar surface area (TPSA) is 73.2 Å². The lowest BCUT2D eigenvalue weighted by Gasteiger charge is -2.22. The van der Waals surface area contributed by atoms with E-state index in [2.05, 4.69) is 5.32 Å². The number of hydrogen-bond donors (Lipinski definition) is 1. The van der Waals surface area contributed by atoms with Crippen molar-refractivity contribution in [3.8, 4) is 6.07 Å². The van der Waals surface area contributed by atoms with Crippen LogP contribution in [0, 0.1) is 11.3 Å². The summed E-state index contributed by atoms with van der Waals surface area (Å²) < 4.78 is 0. The van der Waals surface area contributed by atoms with E-state index in [1.165, 1.54) is 6.42 Å². The van der Waals surface area contributed by atoms with Crippen molar-refractivity contribution in [2.75, 3.05) is 11.4 Å². The van der Waals surface area contributed by atoms with Crippen molar-refractivity contribution in [2.45, 2.75) is 45.1 Å². The number of nitrogens with one attached hydrogen (secondary N) is 1. The molecule has 2 aliphatic rings. The van der Waals surface area contributed by atoms with Crippen LogP contribution < -0.4 is 10.2 Å². The van der Waals surface area contributed by atoms with Crippen LogP contribution in [0.1, 0.15) is 44.6 Å². The summed E-state index contributed by atoms with van der Waals surface area (Å²) in [4.78, 5) is 27.0. The SMILES string of the molecule is CCN1C(=O)C(=C(C#N)C(=O)NC2CCCCC2)c2ccccc21. The number of para-hydroxylation sites is 1. The predicted molar refractivity (Wildman–Crippen MR) is 92.0 cm³/mol. The van der Waals surface area contributed by atoms with Gasteiger partial charge in [-0.2, -0.15) is 5.26 Å². The van der Waals surface area contributed by atoms with E-state index < -0.39 is 5.91 Å². The van der Waals surface area contributed by atoms with Gasteiger partial charge in [0.1, 0.15) is 11.6 Å². The van der Waals surface area contributed by atoms with Gasteiger partial charge in [-0.3, -0.25) is 9.59 Å². The molecular formula is C19H21N3O2. The van der Waals surface area contributed by atoms with Crippen LogP contribution in [-0.4, -0.2) is 24.4 Å². The van der Waals surface area contributed by atoms with Crippen LogP contribution in [0.25, 0.3) is 5.57 Å². The zero-order valence-corrected chi connectivity index (χ0v) is 13.8. The van der Waals surface area contributed by atoms with Gasteiger partial charge in [-0.25, -0.2) is 0 Å². The number of likely N-dealkylation sites (N-methyl/N-ethyl adjacent to an activating group) is 1. The first-order valence-corrected chi connectivity index (χ1v) is 8.53. The smallest absolute Gasteiger partial charge is 0.263 e. The van der Waals surface area contributed by atoms with Gasteiger partial charge < -0.3 is 10.2 Å².